The van der Waals surface area contributed by atoms with E-state index < -0.39 is 0 Å². The van der Waals surface area contributed by atoms with Gasteiger partial charge in [0.15, 0.2) is 11.5 Å². The summed E-state index contributed by atoms with van der Waals surface area (Å²) in [4.78, 5) is 15.6. The van der Waals surface area contributed by atoms with E-state index in [0.29, 0.717) is 13.1 Å². The van der Waals surface area contributed by atoms with Gasteiger partial charge >= 0.3 is 0 Å². The summed E-state index contributed by atoms with van der Waals surface area (Å²) in [5, 5.41) is 0. The predicted molar refractivity (Wildman–Crippen MR) is 108 cm³/mol. The van der Waals surface area contributed by atoms with Crippen molar-refractivity contribution in [3.8, 4) is 23.0 Å². The van der Waals surface area contributed by atoms with Crippen LogP contribution in [-0.2, 0) is 11.3 Å². The van der Waals surface area contributed by atoms with Gasteiger partial charge in [0.2, 0.25) is 12.7 Å². The highest BCUT2D eigenvalue weighted by Crippen LogP contribution is 2.44. The molecule has 2 aliphatic rings. The number of nitrogens with zero attached hydrogens (tertiary/aromatic N) is 1. The SMILES string of the molecule is CCN(Cc1ccc2c(c1)OCO2)C(=O)C1c2ccccc2Oc2ccccc21. The molecule has 0 N–H and O–H groups in total. The molecule has 0 aromatic heterocycles. The fourth-order valence-electron chi connectivity index (χ4n) is 3.96. The number of benzene rings is 3. The average Bonchev–Trinajstić information content (AvgIpc) is 3.23. The second-order valence-corrected chi connectivity index (χ2v) is 7.15. The Morgan fingerprint density at radius 1 is 0.897 bits per heavy atom. The standard InChI is InChI=1S/C24H21NO4/c1-2-25(14-16-11-12-21-22(13-16)28-15-27-21)24(26)23-17-7-3-5-9-19(17)29-20-10-6-4-8-18(20)23/h3-13,23H,2,14-15H2,1H3. The smallest absolute Gasteiger partial charge is 0.235 e. The molecule has 0 spiro atoms. The lowest BCUT2D eigenvalue weighted by atomic mass is 9.86. The third-order valence-corrected chi connectivity index (χ3v) is 5.43. The van der Waals surface area contributed by atoms with Gasteiger partial charge in [-0.3, -0.25) is 4.79 Å². The number of fused-ring (bicyclic) bond motifs is 3. The summed E-state index contributed by atoms with van der Waals surface area (Å²) >= 11 is 0. The van der Waals surface area contributed by atoms with E-state index >= 15 is 0 Å². The Morgan fingerprint density at radius 3 is 2.24 bits per heavy atom. The number of rotatable bonds is 4. The quantitative estimate of drug-likeness (QED) is 0.651. The van der Waals surface area contributed by atoms with Gasteiger partial charge in [0.05, 0.1) is 5.92 Å². The third kappa shape index (κ3) is 3.09. The molecule has 0 aliphatic carbocycles. The molecule has 5 heteroatoms. The molecule has 29 heavy (non-hydrogen) atoms. The summed E-state index contributed by atoms with van der Waals surface area (Å²) in [6, 6.07) is 21.4. The van der Waals surface area contributed by atoms with Crippen molar-refractivity contribution in [2.75, 3.05) is 13.3 Å². The molecule has 3 aromatic rings. The van der Waals surface area contributed by atoms with Gasteiger partial charge < -0.3 is 19.1 Å². The lowest BCUT2D eigenvalue weighted by molar-refractivity contribution is -0.132. The Labute approximate surface area is 169 Å². The molecule has 0 atom stereocenters. The summed E-state index contributed by atoms with van der Waals surface area (Å²) < 4.78 is 16.9. The lowest BCUT2D eigenvalue weighted by Gasteiger charge is -2.31. The first-order valence-electron chi connectivity index (χ1n) is 9.77. The molecule has 0 unspecified atom stereocenters. The van der Waals surface area contributed by atoms with Crippen LogP contribution in [0.1, 0.15) is 29.5 Å². The first kappa shape index (κ1) is 17.6. The highest BCUT2D eigenvalue weighted by Gasteiger charge is 2.34. The molecule has 0 radical (unpaired) electrons. The van der Waals surface area contributed by atoms with Gasteiger partial charge in [-0.15, -0.1) is 0 Å². The first-order chi connectivity index (χ1) is 14.2. The Hall–Kier alpha value is -3.47. The predicted octanol–water partition coefficient (Wildman–Crippen LogP) is 4.70. The minimum Gasteiger partial charge on any atom is -0.457 e. The monoisotopic (exact) mass is 387 g/mol. The maximum absolute atomic E-state index is 13.7. The van der Waals surface area contributed by atoms with Gasteiger partial charge in [-0.2, -0.15) is 0 Å². The molecule has 146 valence electrons. The van der Waals surface area contributed by atoms with Crippen molar-refractivity contribution in [2.45, 2.75) is 19.4 Å². The van der Waals surface area contributed by atoms with Crippen molar-refractivity contribution in [2.24, 2.45) is 0 Å². The van der Waals surface area contributed by atoms with E-state index in [4.69, 9.17) is 14.2 Å². The summed E-state index contributed by atoms with van der Waals surface area (Å²) in [5.41, 5.74) is 2.82. The second kappa shape index (κ2) is 7.17. The van der Waals surface area contributed by atoms with Gasteiger partial charge in [-0.05, 0) is 36.8 Å². The largest absolute Gasteiger partial charge is 0.457 e. The van der Waals surface area contributed by atoms with Crippen molar-refractivity contribution in [1.82, 2.24) is 4.90 Å². The highest BCUT2D eigenvalue weighted by atomic mass is 16.7. The minimum atomic E-state index is -0.384. The molecule has 3 aromatic carbocycles. The number of para-hydroxylation sites is 2. The number of hydrogen-bond acceptors (Lipinski definition) is 4. The molecule has 0 bridgehead atoms. The van der Waals surface area contributed by atoms with E-state index in [1.165, 1.54) is 0 Å². The molecule has 1 amide bonds. The van der Waals surface area contributed by atoms with E-state index in [2.05, 4.69) is 0 Å². The molecule has 0 saturated carbocycles. The normalized spacial score (nSPS) is 14.0. The highest BCUT2D eigenvalue weighted by molar-refractivity contribution is 5.89. The maximum Gasteiger partial charge on any atom is 0.235 e. The number of carbonyl (C=O) groups is 1. The third-order valence-electron chi connectivity index (χ3n) is 5.43. The Balaban J connectivity index is 1.49. The fraction of sp³-hybridized carbons (Fsp3) is 0.208. The van der Waals surface area contributed by atoms with E-state index in [9.17, 15) is 4.79 Å². The summed E-state index contributed by atoms with van der Waals surface area (Å²) in [5.74, 6) is 2.63. The van der Waals surface area contributed by atoms with Crippen LogP contribution in [0.3, 0.4) is 0 Å². The number of amides is 1. The van der Waals surface area contributed by atoms with Gasteiger partial charge in [0.25, 0.3) is 0 Å². The van der Waals surface area contributed by atoms with Crippen molar-refractivity contribution >= 4 is 5.91 Å². The van der Waals surface area contributed by atoms with E-state index in [1.807, 2.05) is 78.6 Å². The van der Waals surface area contributed by atoms with Crippen LogP contribution in [0, 0.1) is 0 Å². The molecule has 0 saturated heterocycles. The lowest BCUT2D eigenvalue weighted by Crippen LogP contribution is -2.36. The van der Waals surface area contributed by atoms with Crippen molar-refractivity contribution < 1.29 is 19.0 Å². The van der Waals surface area contributed by atoms with Crippen LogP contribution in [-0.4, -0.2) is 24.1 Å². The molecule has 5 rings (SSSR count). The van der Waals surface area contributed by atoms with Crippen LogP contribution >= 0.6 is 0 Å². The Bertz CT molecular complexity index is 1030. The van der Waals surface area contributed by atoms with Gasteiger partial charge in [0.1, 0.15) is 11.5 Å². The average molecular weight is 387 g/mol. The summed E-state index contributed by atoms with van der Waals surface area (Å²) in [7, 11) is 0. The zero-order valence-electron chi connectivity index (χ0n) is 16.1. The van der Waals surface area contributed by atoms with E-state index in [1.54, 1.807) is 0 Å². The molecular formula is C24H21NO4. The topological polar surface area (TPSA) is 48.0 Å². The van der Waals surface area contributed by atoms with Crippen LogP contribution in [0.25, 0.3) is 0 Å². The number of ether oxygens (including phenoxy) is 3. The van der Waals surface area contributed by atoms with Crippen molar-refractivity contribution in [1.29, 1.82) is 0 Å². The van der Waals surface area contributed by atoms with Crippen LogP contribution < -0.4 is 14.2 Å². The van der Waals surface area contributed by atoms with Crippen LogP contribution in [0.2, 0.25) is 0 Å². The Kier molecular flexibility index (Phi) is 4.35. The van der Waals surface area contributed by atoms with Gasteiger partial charge in [-0.25, -0.2) is 0 Å². The van der Waals surface area contributed by atoms with E-state index in [0.717, 1.165) is 39.7 Å². The first-order valence-corrected chi connectivity index (χ1v) is 9.77. The maximum atomic E-state index is 13.7. The van der Waals surface area contributed by atoms with Crippen LogP contribution in [0.4, 0.5) is 0 Å². The van der Waals surface area contributed by atoms with Gasteiger partial charge in [-0.1, -0.05) is 42.5 Å². The zero-order chi connectivity index (χ0) is 19.8. The Morgan fingerprint density at radius 2 is 1.55 bits per heavy atom. The van der Waals surface area contributed by atoms with Crippen LogP contribution in [0.15, 0.2) is 66.7 Å². The summed E-state index contributed by atoms with van der Waals surface area (Å²) in [6.45, 7) is 3.36. The zero-order valence-corrected chi connectivity index (χ0v) is 16.1. The number of hydrogen-bond donors (Lipinski definition) is 0. The number of carbonyl (C=O) groups excluding carboxylic acids is 1. The minimum absolute atomic E-state index is 0.0633. The summed E-state index contributed by atoms with van der Waals surface area (Å²) in [6.07, 6.45) is 0. The number of likely N-dealkylation sites (N-methyl/N-ethyl adjacent to an activating group) is 1. The van der Waals surface area contributed by atoms with Gasteiger partial charge in [0, 0.05) is 24.2 Å². The van der Waals surface area contributed by atoms with Crippen molar-refractivity contribution in [3.63, 3.8) is 0 Å². The molecule has 2 aliphatic heterocycles. The van der Waals surface area contributed by atoms with Crippen molar-refractivity contribution in [3.05, 3.63) is 83.4 Å². The van der Waals surface area contributed by atoms with E-state index in [-0.39, 0.29) is 18.6 Å². The second-order valence-electron chi connectivity index (χ2n) is 7.15. The molecule has 0 fully saturated rings. The molecular weight excluding hydrogens is 366 g/mol. The van der Waals surface area contributed by atoms with Crippen LogP contribution in [0.5, 0.6) is 23.0 Å². The molecule has 2 heterocycles. The molecule has 5 nitrogen and oxygen atoms in total. The fourth-order valence-corrected chi connectivity index (χ4v) is 3.96.